The van der Waals surface area contributed by atoms with Crippen molar-refractivity contribution in [1.82, 2.24) is 0 Å². The molecule has 0 aliphatic heterocycles. The Balaban J connectivity index is 2.53. The molecule has 0 unspecified atom stereocenters. The standard InChI is InChI=1S/C15H21NO3/c1-15(2,10-11-17)9-8-12-4-6-13(7-5-12)16-14(18)19-3/h4-7,11H,8-10H2,1-3H3,(H,16,18). The van der Waals surface area contributed by atoms with E-state index >= 15 is 0 Å². The topological polar surface area (TPSA) is 55.4 Å². The number of carbonyl (C=O) groups is 2. The summed E-state index contributed by atoms with van der Waals surface area (Å²) in [6, 6.07) is 7.64. The summed E-state index contributed by atoms with van der Waals surface area (Å²) in [5, 5.41) is 2.60. The molecule has 1 amide bonds. The van der Waals surface area contributed by atoms with Gasteiger partial charge >= 0.3 is 6.09 Å². The number of anilines is 1. The van der Waals surface area contributed by atoms with Crippen LogP contribution in [0.2, 0.25) is 0 Å². The summed E-state index contributed by atoms with van der Waals surface area (Å²) in [5.41, 5.74) is 1.93. The van der Waals surface area contributed by atoms with Gasteiger partial charge in [-0.1, -0.05) is 26.0 Å². The fourth-order valence-electron chi connectivity index (χ4n) is 1.73. The molecule has 0 saturated heterocycles. The van der Waals surface area contributed by atoms with E-state index in [4.69, 9.17) is 0 Å². The number of methoxy groups -OCH3 is 1. The Labute approximate surface area is 114 Å². The van der Waals surface area contributed by atoms with Crippen molar-refractivity contribution < 1.29 is 14.3 Å². The number of rotatable bonds is 6. The van der Waals surface area contributed by atoms with Crippen LogP contribution in [0.4, 0.5) is 10.5 Å². The number of benzene rings is 1. The summed E-state index contributed by atoms with van der Waals surface area (Å²) in [6.45, 7) is 4.18. The van der Waals surface area contributed by atoms with Crippen LogP contribution in [-0.2, 0) is 16.0 Å². The maximum absolute atomic E-state index is 11.0. The van der Waals surface area contributed by atoms with Crippen molar-refractivity contribution in [3.05, 3.63) is 29.8 Å². The maximum atomic E-state index is 11.0. The molecule has 1 aromatic carbocycles. The lowest BCUT2D eigenvalue weighted by Crippen LogP contribution is -2.13. The van der Waals surface area contributed by atoms with Crippen LogP contribution in [0, 0.1) is 5.41 Å². The first kappa shape index (κ1) is 15.2. The molecule has 0 spiro atoms. The molecule has 104 valence electrons. The normalized spacial score (nSPS) is 10.9. The highest BCUT2D eigenvalue weighted by molar-refractivity contribution is 5.84. The number of nitrogens with one attached hydrogen (secondary N) is 1. The van der Waals surface area contributed by atoms with Gasteiger partial charge in [-0.3, -0.25) is 5.32 Å². The van der Waals surface area contributed by atoms with Gasteiger partial charge in [-0.2, -0.15) is 0 Å². The monoisotopic (exact) mass is 263 g/mol. The average molecular weight is 263 g/mol. The predicted octanol–water partition coefficient (Wildman–Crippen LogP) is 3.41. The van der Waals surface area contributed by atoms with Crippen LogP contribution in [0.15, 0.2) is 24.3 Å². The van der Waals surface area contributed by atoms with Gasteiger partial charge < -0.3 is 9.53 Å². The number of hydrogen-bond donors (Lipinski definition) is 1. The molecule has 0 aliphatic carbocycles. The summed E-state index contributed by atoms with van der Waals surface area (Å²) in [4.78, 5) is 21.6. The molecule has 0 heterocycles. The SMILES string of the molecule is COC(=O)Nc1ccc(CCC(C)(C)CC=O)cc1. The van der Waals surface area contributed by atoms with E-state index in [0.29, 0.717) is 12.1 Å². The molecule has 1 N–H and O–H groups in total. The first-order chi connectivity index (χ1) is 8.96. The third-order valence-corrected chi connectivity index (χ3v) is 3.11. The van der Waals surface area contributed by atoms with Crippen LogP contribution < -0.4 is 5.32 Å². The zero-order valence-electron chi connectivity index (χ0n) is 11.7. The van der Waals surface area contributed by atoms with Crippen LogP contribution in [-0.4, -0.2) is 19.5 Å². The van der Waals surface area contributed by atoms with E-state index in [1.807, 2.05) is 24.3 Å². The lowest BCUT2D eigenvalue weighted by atomic mass is 9.84. The zero-order valence-corrected chi connectivity index (χ0v) is 11.7. The maximum Gasteiger partial charge on any atom is 0.411 e. The highest BCUT2D eigenvalue weighted by atomic mass is 16.5. The Hall–Kier alpha value is -1.84. The number of ether oxygens (including phenoxy) is 1. The number of aldehydes is 1. The fourth-order valence-corrected chi connectivity index (χ4v) is 1.73. The molecule has 0 radical (unpaired) electrons. The Bertz CT molecular complexity index is 424. The zero-order chi connectivity index (χ0) is 14.3. The van der Waals surface area contributed by atoms with Crippen molar-refractivity contribution in [1.29, 1.82) is 0 Å². The molecule has 4 heteroatoms. The van der Waals surface area contributed by atoms with Crippen LogP contribution in [0.3, 0.4) is 0 Å². The minimum Gasteiger partial charge on any atom is -0.453 e. The van der Waals surface area contributed by atoms with Gasteiger partial charge in [-0.25, -0.2) is 4.79 Å². The highest BCUT2D eigenvalue weighted by Gasteiger charge is 2.16. The van der Waals surface area contributed by atoms with Gasteiger partial charge in [0, 0.05) is 12.1 Å². The summed E-state index contributed by atoms with van der Waals surface area (Å²) >= 11 is 0. The second kappa shape index (κ2) is 6.92. The number of amides is 1. The minimum atomic E-state index is -0.472. The van der Waals surface area contributed by atoms with E-state index in [-0.39, 0.29) is 5.41 Å². The molecule has 0 bridgehead atoms. The van der Waals surface area contributed by atoms with Crippen molar-refractivity contribution in [3.63, 3.8) is 0 Å². The second-order valence-corrected chi connectivity index (χ2v) is 5.35. The number of aryl methyl sites for hydroxylation is 1. The number of hydrogen-bond acceptors (Lipinski definition) is 3. The van der Waals surface area contributed by atoms with E-state index in [2.05, 4.69) is 23.9 Å². The van der Waals surface area contributed by atoms with E-state index in [9.17, 15) is 9.59 Å². The van der Waals surface area contributed by atoms with Gasteiger partial charge in [-0.15, -0.1) is 0 Å². The second-order valence-electron chi connectivity index (χ2n) is 5.35. The molecule has 4 nitrogen and oxygen atoms in total. The van der Waals surface area contributed by atoms with Gasteiger partial charge in [0.25, 0.3) is 0 Å². The molecule has 1 rings (SSSR count). The lowest BCUT2D eigenvalue weighted by molar-refractivity contribution is -0.109. The Morgan fingerprint density at radius 1 is 1.32 bits per heavy atom. The summed E-state index contributed by atoms with van der Waals surface area (Å²) < 4.78 is 4.52. The van der Waals surface area contributed by atoms with Gasteiger partial charge in [0.15, 0.2) is 0 Å². The summed E-state index contributed by atoms with van der Waals surface area (Å²) in [5.74, 6) is 0. The molecular weight excluding hydrogens is 242 g/mol. The Morgan fingerprint density at radius 2 is 1.95 bits per heavy atom. The molecule has 0 fully saturated rings. The molecule has 0 atom stereocenters. The highest BCUT2D eigenvalue weighted by Crippen LogP contribution is 2.26. The predicted molar refractivity (Wildman–Crippen MR) is 75.3 cm³/mol. The molecule has 19 heavy (non-hydrogen) atoms. The molecule has 0 saturated carbocycles. The quantitative estimate of drug-likeness (QED) is 0.800. The molecule has 0 aliphatic rings. The van der Waals surface area contributed by atoms with Crippen molar-refractivity contribution in [2.45, 2.75) is 33.1 Å². The molecule has 0 aromatic heterocycles. The van der Waals surface area contributed by atoms with E-state index < -0.39 is 6.09 Å². The smallest absolute Gasteiger partial charge is 0.411 e. The largest absolute Gasteiger partial charge is 0.453 e. The van der Waals surface area contributed by atoms with E-state index in [0.717, 1.165) is 19.1 Å². The van der Waals surface area contributed by atoms with Crippen molar-refractivity contribution in [2.75, 3.05) is 12.4 Å². The van der Waals surface area contributed by atoms with Crippen LogP contribution in [0.1, 0.15) is 32.3 Å². The third kappa shape index (κ3) is 5.55. The fraction of sp³-hybridized carbons (Fsp3) is 0.467. The first-order valence-electron chi connectivity index (χ1n) is 6.34. The van der Waals surface area contributed by atoms with Crippen molar-refractivity contribution in [3.8, 4) is 0 Å². The van der Waals surface area contributed by atoms with Gasteiger partial charge in [0.05, 0.1) is 7.11 Å². The average Bonchev–Trinajstić information content (AvgIpc) is 2.38. The first-order valence-corrected chi connectivity index (χ1v) is 6.34. The Kier molecular flexibility index (Phi) is 5.55. The van der Waals surface area contributed by atoms with Gasteiger partial charge in [-0.05, 0) is 36.0 Å². The third-order valence-electron chi connectivity index (χ3n) is 3.11. The summed E-state index contributed by atoms with van der Waals surface area (Å²) in [6.07, 6.45) is 2.95. The Morgan fingerprint density at radius 3 is 2.47 bits per heavy atom. The molecular formula is C15H21NO3. The van der Waals surface area contributed by atoms with Crippen LogP contribution in [0.25, 0.3) is 0 Å². The van der Waals surface area contributed by atoms with E-state index in [1.54, 1.807) is 0 Å². The van der Waals surface area contributed by atoms with Gasteiger partial charge in [0.2, 0.25) is 0 Å². The lowest BCUT2D eigenvalue weighted by Gasteiger charge is -2.21. The van der Waals surface area contributed by atoms with Crippen LogP contribution in [0.5, 0.6) is 0 Å². The minimum absolute atomic E-state index is 0.0324. The van der Waals surface area contributed by atoms with Crippen molar-refractivity contribution in [2.24, 2.45) is 5.41 Å². The van der Waals surface area contributed by atoms with Crippen LogP contribution >= 0.6 is 0 Å². The van der Waals surface area contributed by atoms with Gasteiger partial charge in [0.1, 0.15) is 6.29 Å². The summed E-state index contributed by atoms with van der Waals surface area (Å²) in [7, 11) is 1.33. The van der Waals surface area contributed by atoms with E-state index in [1.165, 1.54) is 12.7 Å². The number of carbonyl (C=O) groups excluding carboxylic acids is 2. The molecule has 1 aromatic rings. The van der Waals surface area contributed by atoms with Crippen molar-refractivity contribution >= 4 is 18.1 Å².